The molecule has 0 spiro atoms. The first kappa shape index (κ1) is 10.2. The smallest absolute Gasteiger partial charge is 0.212 e. The van der Waals surface area contributed by atoms with Crippen molar-refractivity contribution in [2.45, 2.75) is 0 Å². The fraction of sp³-hybridized carbons (Fsp3) is 0. The predicted molar refractivity (Wildman–Crippen MR) is 61.2 cm³/mol. The monoisotopic (exact) mass is 248 g/mol. The molecule has 3 aromatic heterocycles. The molecule has 4 nitrogen and oxygen atoms in total. The third kappa shape index (κ3) is 1.74. The average molecular weight is 249 g/mol. The van der Waals surface area contributed by atoms with E-state index in [0.717, 1.165) is 5.52 Å². The number of pyridine rings is 1. The zero-order chi connectivity index (χ0) is 11.8. The summed E-state index contributed by atoms with van der Waals surface area (Å²) in [6.45, 7) is 0. The third-order valence-corrected chi connectivity index (χ3v) is 2.54. The van der Waals surface area contributed by atoms with Gasteiger partial charge in [0.25, 0.3) is 0 Å². The van der Waals surface area contributed by atoms with E-state index in [1.165, 1.54) is 12.3 Å². The Balaban J connectivity index is 2.28. The van der Waals surface area contributed by atoms with Gasteiger partial charge in [-0.25, -0.2) is 14.5 Å². The van der Waals surface area contributed by atoms with Crippen molar-refractivity contribution in [1.29, 1.82) is 0 Å². The fourth-order valence-corrected chi connectivity index (χ4v) is 1.80. The molecule has 0 radical (unpaired) electrons. The van der Waals surface area contributed by atoms with Crippen molar-refractivity contribution in [3.63, 3.8) is 0 Å². The third-order valence-electron chi connectivity index (χ3n) is 2.36. The molecule has 0 unspecified atom stereocenters. The van der Waals surface area contributed by atoms with Gasteiger partial charge in [0, 0.05) is 11.8 Å². The second kappa shape index (κ2) is 3.78. The highest BCUT2D eigenvalue weighted by Gasteiger charge is 2.08. The van der Waals surface area contributed by atoms with E-state index in [4.69, 9.17) is 11.6 Å². The molecule has 0 aliphatic rings. The Bertz CT molecular complexity index is 678. The number of aromatic nitrogens is 4. The van der Waals surface area contributed by atoms with Crippen LogP contribution in [0, 0.1) is 5.95 Å². The Morgan fingerprint density at radius 3 is 2.88 bits per heavy atom. The highest BCUT2D eigenvalue weighted by atomic mass is 35.5. The van der Waals surface area contributed by atoms with Crippen LogP contribution >= 0.6 is 11.6 Å². The van der Waals surface area contributed by atoms with E-state index >= 15 is 0 Å². The van der Waals surface area contributed by atoms with E-state index in [9.17, 15) is 4.39 Å². The lowest BCUT2D eigenvalue weighted by molar-refractivity contribution is 0.584. The second-order valence-electron chi connectivity index (χ2n) is 3.44. The first-order chi connectivity index (χ1) is 8.24. The van der Waals surface area contributed by atoms with Gasteiger partial charge in [-0.05, 0) is 18.2 Å². The van der Waals surface area contributed by atoms with Crippen molar-refractivity contribution in [3.05, 3.63) is 47.9 Å². The summed E-state index contributed by atoms with van der Waals surface area (Å²) >= 11 is 5.90. The quantitative estimate of drug-likeness (QED) is 0.622. The molecule has 3 rings (SSSR count). The molecule has 0 aliphatic carbocycles. The standard InChI is InChI=1S/C11H6ClFN4/c12-9-6-17-8(3-4-15-17)11(16-9)7-1-2-10(13)14-5-7/h1-6H. The molecule has 0 aromatic carbocycles. The maximum Gasteiger partial charge on any atom is 0.212 e. The number of rotatable bonds is 1. The Morgan fingerprint density at radius 2 is 2.12 bits per heavy atom. The summed E-state index contributed by atoms with van der Waals surface area (Å²) < 4.78 is 14.4. The molecular formula is C11H6ClFN4. The van der Waals surface area contributed by atoms with E-state index in [2.05, 4.69) is 15.1 Å². The summed E-state index contributed by atoms with van der Waals surface area (Å²) in [5.74, 6) is -0.527. The fourth-order valence-electron chi connectivity index (χ4n) is 1.63. The largest absolute Gasteiger partial charge is 0.236 e. The van der Waals surface area contributed by atoms with Crippen LogP contribution in [0.25, 0.3) is 16.8 Å². The van der Waals surface area contributed by atoms with Crippen LogP contribution in [0.5, 0.6) is 0 Å². The molecule has 0 fully saturated rings. The zero-order valence-electron chi connectivity index (χ0n) is 8.51. The van der Waals surface area contributed by atoms with Crippen molar-refractivity contribution in [3.8, 4) is 11.3 Å². The van der Waals surface area contributed by atoms with Gasteiger partial charge in [-0.1, -0.05) is 11.6 Å². The summed E-state index contributed by atoms with van der Waals surface area (Å²) in [6, 6.07) is 4.70. The molecule has 0 saturated carbocycles. The number of fused-ring (bicyclic) bond motifs is 1. The molecule has 6 heteroatoms. The van der Waals surface area contributed by atoms with Crippen LogP contribution in [0.4, 0.5) is 4.39 Å². The highest BCUT2D eigenvalue weighted by Crippen LogP contribution is 2.23. The van der Waals surface area contributed by atoms with E-state index in [1.807, 2.05) is 6.07 Å². The minimum absolute atomic E-state index is 0.320. The van der Waals surface area contributed by atoms with Gasteiger partial charge in [0.15, 0.2) is 0 Å². The molecule has 17 heavy (non-hydrogen) atoms. The molecule has 0 N–H and O–H groups in total. The zero-order valence-corrected chi connectivity index (χ0v) is 9.26. The van der Waals surface area contributed by atoms with Crippen LogP contribution in [-0.2, 0) is 0 Å². The summed E-state index contributed by atoms with van der Waals surface area (Å²) in [5.41, 5.74) is 2.12. The van der Waals surface area contributed by atoms with Crippen LogP contribution in [-0.4, -0.2) is 19.6 Å². The summed E-state index contributed by atoms with van der Waals surface area (Å²) in [6.07, 6.45) is 4.67. The average Bonchev–Trinajstić information content (AvgIpc) is 2.77. The Hall–Kier alpha value is -2.01. The highest BCUT2D eigenvalue weighted by molar-refractivity contribution is 6.29. The molecule has 0 atom stereocenters. The molecular weight excluding hydrogens is 243 g/mol. The number of hydrogen-bond donors (Lipinski definition) is 0. The number of halogens is 2. The van der Waals surface area contributed by atoms with Gasteiger partial charge >= 0.3 is 0 Å². The molecule has 0 bridgehead atoms. The van der Waals surface area contributed by atoms with E-state index in [1.54, 1.807) is 23.0 Å². The first-order valence-corrected chi connectivity index (χ1v) is 5.23. The molecule has 3 aromatic rings. The normalized spacial score (nSPS) is 10.9. The van der Waals surface area contributed by atoms with Crippen molar-refractivity contribution in [1.82, 2.24) is 19.6 Å². The van der Waals surface area contributed by atoms with Gasteiger partial charge < -0.3 is 0 Å². The summed E-state index contributed by atoms with van der Waals surface area (Å²) in [5, 5.41) is 4.40. The van der Waals surface area contributed by atoms with Crippen LogP contribution in [0.15, 0.2) is 36.8 Å². The Labute approximate surface area is 101 Å². The van der Waals surface area contributed by atoms with Gasteiger partial charge in [0.05, 0.1) is 23.6 Å². The number of nitrogens with zero attached hydrogens (tertiary/aromatic N) is 4. The van der Waals surface area contributed by atoms with Crippen molar-refractivity contribution in [2.75, 3.05) is 0 Å². The van der Waals surface area contributed by atoms with Crippen LogP contribution in [0.3, 0.4) is 0 Å². The van der Waals surface area contributed by atoms with Gasteiger partial charge in [0.1, 0.15) is 5.15 Å². The van der Waals surface area contributed by atoms with Gasteiger partial charge in [-0.3, -0.25) is 0 Å². The maximum absolute atomic E-state index is 12.8. The van der Waals surface area contributed by atoms with E-state index in [-0.39, 0.29) is 0 Å². The Morgan fingerprint density at radius 1 is 1.24 bits per heavy atom. The lowest BCUT2D eigenvalue weighted by Crippen LogP contribution is -1.94. The topological polar surface area (TPSA) is 43.1 Å². The van der Waals surface area contributed by atoms with Crippen molar-refractivity contribution >= 4 is 17.1 Å². The minimum atomic E-state index is -0.527. The van der Waals surface area contributed by atoms with Crippen molar-refractivity contribution < 1.29 is 4.39 Å². The summed E-state index contributed by atoms with van der Waals surface area (Å²) in [4.78, 5) is 7.81. The SMILES string of the molecule is Fc1ccc(-c2nc(Cl)cn3nccc23)cn1. The maximum atomic E-state index is 12.8. The lowest BCUT2D eigenvalue weighted by Gasteiger charge is -2.03. The Kier molecular flexibility index (Phi) is 2.26. The van der Waals surface area contributed by atoms with E-state index in [0.29, 0.717) is 16.4 Å². The molecule has 0 saturated heterocycles. The van der Waals surface area contributed by atoms with Crippen LogP contribution in [0.2, 0.25) is 5.15 Å². The minimum Gasteiger partial charge on any atom is -0.236 e. The van der Waals surface area contributed by atoms with Gasteiger partial charge in [0.2, 0.25) is 5.95 Å². The first-order valence-electron chi connectivity index (χ1n) is 4.86. The predicted octanol–water partition coefficient (Wildman–Crippen LogP) is 2.58. The molecule has 84 valence electrons. The number of hydrogen-bond acceptors (Lipinski definition) is 3. The van der Waals surface area contributed by atoms with E-state index < -0.39 is 5.95 Å². The lowest BCUT2D eigenvalue weighted by atomic mass is 10.2. The van der Waals surface area contributed by atoms with Gasteiger partial charge in [-0.15, -0.1) is 0 Å². The summed E-state index contributed by atoms with van der Waals surface area (Å²) in [7, 11) is 0. The molecule has 0 aliphatic heterocycles. The van der Waals surface area contributed by atoms with Gasteiger partial charge in [-0.2, -0.15) is 9.49 Å². The van der Waals surface area contributed by atoms with Crippen LogP contribution < -0.4 is 0 Å². The van der Waals surface area contributed by atoms with Crippen LogP contribution in [0.1, 0.15) is 0 Å². The molecule has 3 heterocycles. The van der Waals surface area contributed by atoms with Crippen molar-refractivity contribution in [2.24, 2.45) is 0 Å². The molecule has 0 amide bonds. The second-order valence-corrected chi connectivity index (χ2v) is 3.83.